The van der Waals surface area contributed by atoms with E-state index in [1.165, 1.54) is 6.42 Å². The second-order valence-electron chi connectivity index (χ2n) is 5.40. The Morgan fingerprint density at radius 2 is 2.29 bits per heavy atom. The van der Waals surface area contributed by atoms with Crippen molar-refractivity contribution in [3.05, 3.63) is 18.0 Å². The lowest BCUT2D eigenvalue weighted by Crippen LogP contribution is -2.35. The van der Waals surface area contributed by atoms with Gasteiger partial charge in [0.15, 0.2) is 0 Å². The highest BCUT2D eigenvalue weighted by Crippen LogP contribution is 2.30. The number of rotatable bonds is 2. The first-order valence-corrected chi connectivity index (χ1v) is 6.56. The molecule has 0 bridgehead atoms. The molecule has 1 aromatic heterocycles. The molecular formula is C13H20N4. The first-order chi connectivity index (χ1) is 8.25. The molecule has 3 rings (SSSR count). The minimum Gasteiger partial charge on any atom is -0.336 e. The first kappa shape index (κ1) is 11.0. The quantitative estimate of drug-likeness (QED) is 0.837. The summed E-state index contributed by atoms with van der Waals surface area (Å²) in [4.78, 5) is 11.5. The molecule has 0 amide bonds. The van der Waals surface area contributed by atoms with Gasteiger partial charge in [-0.05, 0) is 24.3 Å². The third-order valence-electron chi connectivity index (χ3n) is 3.96. The first-order valence-electron chi connectivity index (χ1n) is 6.56. The van der Waals surface area contributed by atoms with Gasteiger partial charge in [-0.2, -0.15) is 0 Å². The molecule has 1 N–H and O–H groups in total. The van der Waals surface area contributed by atoms with Crippen LogP contribution in [0.1, 0.15) is 31.9 Å². The Labute approximate surface area is 102 Å². The van der Waals surface area contributed by atoms with Crippen LogP contribution in [0.4, 0.5) is 5.95 Å². The monoisotopic (exact) mass is 232 g/mol. The second-order valence-corrected chi connectivity index (χ2v) is 5.40. The van der Waals surface area contributed by atoms with Crippen LogP contribution in [0, 0.1) is 5.92 Å². The summed E-state index contributed by atoms with van der Waals surface area (Å²) in [6, 6.07) is 2.63. The maximum Gasteiger partial charge on any atom is 0.225 e. The average molecular weight is 232 g/mol. The highest BCUT2D eigenvalue weighted by Gasteiger charge is 2.38. The van der Waals surface area contributed by atoms with Crippen molar-refractivity contribution in [3.8, 4) is 0 Å². The predicted octanol–water partition coefficient (Wildman–Crippen LogP) is 1.40. The largest absolute Gasteiger partial charge is 0.336 e. The van der Waals surface area contributed by atoms with Gasteiger partial charge in [0.05, 0.1) is 0 Å². The Hall–Kier alpha value is -1.16. The fourth-order valence-electron chi connectivity index (χ4n) is 2.92. The Kier molecular flexibility index (Phi) is 2.74. The Morgan fingerprint density at radius 3 is 3.12 bits per heavy atom. The molecule has 2 atom stereocenters. The molecule has 4 heteroatoms. The summed E-state index contributed by atoms with van der Waals surface area (Å²) in [6.07, 6.45) is 3.17. The number of hydrogen-bond donors (Lipinski definition) is 1. The Morgan fingerprint density at radius 1 is 1.41 bits per heavy atom. The molecule has 0 spiro atoms. The van der Waals surface area contributed by atoms with Crippen molar-refractivity contribution >= 4 is 5.95 Å². The van der Waals surface area contributed by atoms with Crippen LogP contribution in [0.2, 0.25) is 0 Å². The van der Waals surface area contributed by atoms with Crippen LogP contribution in [0.15, 0.2) is 12.3 Å². The number of fused-ring (bicyclic) bond motifs is 1. The normalized spacial score (nSPS) is 27.8. The van der Waals surface area contributed by atoms with Crippen LogP contribution in [-0.4, -0.2) is 35.6 Å². The van der Waals surface area contributed by atoms with Crippen molar-refractivity contribution in [1.29, 1.82) is 0 Å². The van der Waals surface area contributed by atoms with Crippen molar-refractivity contribution in [2.75, 3.05) is 24.5 Å². The number of nitrogens with one attached hydrogen (secondary N) is 1. The maximum atomic E-state index is 4.70. The standard InChI is InChI=1S/C13H20N4/c1-9(2)11-3-5-15-13(16-11)17-6-4-10-7-14-8-12(10)17/h3,5,9-10,12,14H,4,6-8H2,1-2H3/t10-,12-/m0/s1. The number of hydrogen-bond acceptors (Lipinski definition) is 4. The maximum absolute atomic E-state index is 4.70. The van der Waals surface area contributed by atoms with Crippen LogP contribution in [0.3, 0.4) is 0 Å². The van der Waals surface area contributed by atoms with Gasteiger partial charge in [0, 0.05) is 37.6 Å². The second kappa shape index (κ2) is 4.26. The zero-order chi connectivity index (χ0) is 11.8. The van der Waals surface area contributed by atoms with Crippen LogP contribution < -0.4 is 10.2 Å². The zero-order valence-corrected chi connectivity index (χ0v) is 10.6. The highest BCUT2D eigenvalue weighted by molar-refractivity contribution is 5.36. The number of aromatic nitrogens is 2. The lowest BCUT2D eigenvalue weighted by atomic mass is 10.1. The summed E-state index contributed by atoms with van der Waals surface area (Å²) < 4.78 is 0. The van der Waals surface area contributed by atoms with Gasteiger partial charge in [0.25, 0.3) is 0 Å². The fourth-order valence-corrected chi connectivity index (χ4v) is 2.92. The van der Waals surface area contributed by atoms with Crippen molar-refractivity contribution in [2.45, 2.75) is 32.2 Å². The summed E-state index contributed by atoms with van der Waals surface area (Å²) in [5.74, 6) is 2.19. The average Bonchev–Trinajstić information content (AvgIpc) is 2.90. The summed E-state index contributed by atoms with van der Waals surface area (Å²) in [5, 5.41) is 3.46. The van der Waals surface area contributed by atoms with Gasteiger partial charge in [-0.25, -0.2) is 9.97 Å². The molecule has 0 unspecified atom stereocenters. The lowest BCUT2D eigenvalue weighted by Gasteiger charge is -2.23. The minimum absolute atomic E-state index is 0.469. The summed E-state index contributed by atoms with van der Waals surface area (Å²) in [7, 11) is 0. The molecule has 0 aromatic carbocycles. The van der Waals surface area contributed by atoms with E-state index in [4.69, 9.17) is 4.98 Å². The predicted molar refractivity (Wildman–Crippen MR) is 68.2 cm³/mol. The summed E-state index contributed by atoms with van der Waals surface area (Å²) in [5.41, 5.74) is 1.14. The van der Waals surface area contributed by atoms with Crippen LogP contribution in [0.5, 0.6) is 0 Å². The van der Waals surface area contributed by atoms with Gasteiger partial charge in [-0.1, -0.05) is 13.8 Å². The van der Waals surface area contributed by atoms with E-state index in [1.54, 1.807) is 0 Å². The van der Waals surface area contributed by atoms with E-state index >= 15 is 0 Å². The van der Waals surface area contributed by atoms with E-state index < -0.39 is 0 Å². The Bertz CT molecular complexity index is 404. The van der Waals surface area contributed by atoms with E-state index in [1.807, 2.05) is 12.3 Å². The molecule has 17 heavy (non-hydrogen) atoms. The molecule has 0 saturated carbocycles. The van der Waals surface area contributed by atoms with Gasteiger partial charge in [0.1, 0.15) is 0 Å². The molecule has 0 radical (unpaired) electrons. The van der Waals surface area contributed by atoms with E-state index in [-0.39, 0.29) is 0 Å². The molecule has 2 aliphatic heterocycles. The van der Waals surface area contributed by atoms with Gasteiger partial charge < -0.3 is 10.2 Å². The molecule has 2 saturated heterocycles. The minimum atomic E-state index is 0.469. The van der Waals surface area contributed by atoms with Crippen molar-refractivity contribution < 1.29 is 0 Å². The smallest absolute Gasteiger partial charge is 0.225 e. The zero-order valence-electron chi connectivity index (χ0n) is 10.6. The third-order valence-corrected chi connectivity index (χ3v) is 3.96. The van der Waals surface area contributed by atoms with Gasteiger partial charge >= 0.3 is 0 Å². The molecule has 2 fully saturated rings. The van der Waals surface area contributed by atoms with Gasteiger partial charge in [0.2, 0.25) is 5.95 Å². The topological polar surface area (TPSA) is 41.1 Å². The van der Waals surface area contributed by atoms with E-state index in [9.17, 15) is 0 Å². The fraction of sp³-hybridized carbons (Fsp3) is 0.692. The molecule has 0 aliphatic carbocycles. The van der Waals surface area contributed by atoms with Crippen LogP contribution in [0.25, 0.3) is 0 Å². The van der Waals surface area contributed by atoms with Crippen LogP contribution >= 0.6 is 0 Å². The molecular weight excluding hydrogens is 212 g/mol. The third kappa shape index (κ3) is 1.90. The molecule has 3 heterocycles. The lowest BCUT2D eigenvalue weighted by molar-refractivity contribution is 0.575. The Balaban J connectivity index is 1.86. The van der Waals surface area contributed by atoms with Crippen molar-refractivity contribution in [1.82, 2.24) is 15.3 Å². The van der Waals surface area contributed by atoms with E-state index in [0.717, 1.165) is 37.2 Å². The summed E-state index contributed by atoms with van der Waals surface area (Å²) in [6.45, 7) is 7.70. The van der Waals surface area contributed by atoms with Crippen molar-refractivity contribution in [3.63, 3.8) is 0 Å². The highest BCUT2D eigenvalue weighted by atomic mass is 15.3. The number of nitrogens with zero attached hydrogens (tertiary/aromatic N) is 3. The SMILES string of the molecule is CC(C)c1ccnc(N2CC[C@H]3CNC[C@@H]32)n1. The molecule has 4 nitrogen and oxygen atoms in total. The van der Waals surface area contributed by atoms with Gasteiger partial charge in [-0.15, -0.1) is 0 Å². The van der Waals surface area contributed by atoms with E-state index in [0.29, 0.717) is 12.0 Å². The van der Waals surface area contributed by atoms with Gasteiger partial charge in [-0.3, -0.25) is 0 Å². The number of anilines is 1. The summed E-state index contributed by atoms with van der Waals surface area (Å²) >= 11 is 0. The van der Waals surface area contributed by atoms with E-state index in [2.05, 4.69) is 29.0 Å². The molecule has 2 aliphatic rings. The molecule has 92 valence electrons. The van der Waals surface area contributed by atoms with Crippen LogP contribution in [-0.2, 0) is 0 Å². The molecule has 1 aromatic rings. The van der Waals surface area contributed by atoms with Crippen molar-refractivity contribution in [2.24, 2.45) is 5.92 Å².